The Labute approximate surface area is 178 Å². The molecule has 0 aromatic heterocycles. The van der Waals surface area contributed by atoms with Crippen LogP contribution in [0.15, 0.2) is 65.8 Å². The quantitative estimate of drug-likeness (QED) is 0.702. The van der Waals surface area contributed by atoms with Crippen LogP contribution in [0.2, 0.25) is 10.0 Å². The highest BCUT2D eigenvalue weighted by molar-refractivity contribution is 7.89. The van der Waals surface area contributed by atoms with E-state index in [2.05, 4.69) is 10.6 Å². The van der Waals surface area contributed by atoms with Gasteiger partial charge in [0.15, 0.2) is 0 Å². The van der Waals surface area contributed by atoms with Gasteiger partial charge in [0, 0.05) is 18.9 Å². The van der Waals surface area contributed by atoms with E-state index in [0.717, 1.165) is 9.87 Å². The van der Waals surface area contributed by atoms with Crippen molar-refractivity contribution in [2.24, 2.45) is 0 Å². The Hall–Kier alpha value is -2.55. The number of carbonyl (C=O) groups is 2. The van der Waals surface area contributed by atoms with Gasteiger partial charge in [0.05, 0.1) is 21.4 Å². The maximum absolute atomic E-state index is 13.0. The maximum Gasteiger partial charge on any atom is 0.264 e. The Balaban J connectivity index is 1.78. The SMILES string of the molecule is O=C(C[C@@H]1C(=O)NC=CN1S(=O)(=O)c1ccc(Cl)c(Cl)c1)NCc1ccccc1. The van der Waals surface area contributed by atoms with Gasteiger partial charge < -0.3 is 10.6 Å². The van der Waals surface area contributed by atoms with Crippen LogP contribution in [0.1, 0.15) is 12.0 Å². The normalized spacial score (nSPS) is 16.4. The summed E-state index contributed by atoms with van der Waals surface area (Å²) in [6, 6.07) is 11.8. The van der Waals surface area contributed by atoms with E-state index >= 15 is 0 Å². The summed E-state index contributed by atoms with van der Waals surface area (Å²) in [5.41, 5.74) is 0.883. The van der Waals surface area contributed by atoms with Gasteiger partial charge in [-0.2, -0.15) is 0 Å². The van der Waals surface area contributed by atoms with Crippen molar-refractivity contribution >= 4 is 45.0 Å². The number of carbonyl (C=O) groups excluding carboxylic acids is 2. The fraction of sp³-hybridized carbons (Fsp3) is 0.158. The van der Waals surface area contributed by atoms with Gasteiger partial charge in [0.2, 0.25) is 11.8 Å². The second-order valence-corrected chi connectivity index (χ2v) is 8.88. The second kappa shape index (κ2) is 8.86. The Morgan fingerprint density at radius 2 is 1.83 bits per heavy atom. The van der Waals surface area contributed by atoms with E-state index in [9.17, 15) is 18.0 Å². The van der Waals surface area contributed by atoms with Crippen LogP contribution in [0.25, 0.3) is 0 Å². The molecular formula is C19H17Cl2N3O4S. The number of hydrogen-bond donors (Lipinski definition) is 2. The standard InChI is InChI=1S/C19H17Cl2N3O4S/c20-15-7-6-14(10-16(15)21)29(27,28)24-9-8-22-19(26)17(24)11-18(25)23-12-13-4-2-1-3-5-13/h1-10,17H,11-12H2,(H,22,26)(H,23,25)/t17-/m1/s1. The third kappa shape index (κ3) is 4.90. The first-order valence-corrected chi connectivity index (χ1v) is 10.7. The minimum atomic E-state index is -4.13. The fourth-order valence-electron chi connectivity index (χ4n) is 2.74. The largest absolute Gasteiger partial charge is 0.352 e. The number of nitrogens with zero attached hydrogens (tertiary/aromatic N) is 1. The molecule has 2 N–H and O–H groups in total. The first kappa shape index (κ1) is 21.2. The fourth-order valence-corrected chi connectivity index (χ4v) is 4.58. The molecule has 0 fully saturated rings. The molecular weight excluding hydrogens is 437 g/mol. The summed E-state index contributed by atoms with van der Waals surface area (Å²) in [5.74, 6) is -1.07. The lowest BCUT2D eigenvalue weighted by Gasteiger charge is -2.31. The van der Waals surface area contributed by atoms with E-state index in [0.29, 0.717) is 0 Å². The third-order valence-corrected chi connectivity index (χ3v) is 6.75. The van der Waals surface area contributed by atoms with Crippen LogP contribution in [0.3, 0.4) is 0 Å². The van der Waals surface area contributed by atoms with Crippen LogP contribution < -0.4 is 10.6 Å². The molecule has 2 aromatic carbocycles. The number of nitrogens with one attached hydrogen (secondary N) is 2. The molecule has 29 heavy (non-hydrogen) atoms. The van der Waals surface area contributed by atoms with Gasteiger partial charge in [-0.15, -0.1) is 0 Å². The van der Waals surface area contributed by atoms with E-state index in [-0.39, 0.29) is 27.9 Å². The molecule has 0 spiro atoms. The maximum atomic E-state index is 13.0. The number of halogens is 2. The smallest absolute Gasteiger partial charge is 0.264 e. The summed E-state index contributed by atoms with van der Waals surface area (Å²) in [6.45, 7) is 0.267. The zero-order valence-electron chi connectivity index (χ0n) is 15.0. The topological polar surface area (TPSA) is 95.6 Å². The Morgan fingerprint density at radius 3 is 2.52 bits per heavy atom. The number of sulfonamides is 1. The summed E-state index contributed by atoms with van der Waals surface area (Å²) >= 11 is 11.8. The summed E-state index contributed by atoms with van der Waals surface area (Å²) < 4.78 is 26.9. The molecule has 7 nitrogen and oxygen atoms in total. The van der Waals surface area contributed by atoms with E-state index in [1.165, 1.54) is 30.6 Å². The summed E-state index contributed by atoms with van der Waals surface area (Å²) in [5, 5.41) is 5.39. The van der Waals surface area contributed by atoms with Crippen molar-refractivity contribution in [3.8, 4) is 0 Å². The number of benzene rings is 2. The lowest BCUT2D eigenvalue weighted by Crippen LogP contribution is -2.51. The van der Waals surface area contributed by atoms with E-state index in [1.807, 2.05) is 30.3 Å². The highest BCUT2D eigenvalue weighted by Crippen LogP contribution is 2.28. The molecule has 2 amide bonds. The van der Waals surface area contributed by atoms with Gasteiger partial charge in [-0.25, -0.2) is 8.42 Å². The molecule has 152 valence electrons. The van der Waals surface area contributed by atoms with Crippen molar-refractivity contribution in [3.63, 3.8) is 0 Å². The molecule has 0 radical (unpaired) electrons. The zero-order valence-corrected chi connectivity index (χ0v) is 17.3. The van der Waals surface area contributed by atoms with Gasteiger partial charge in [-0.3, -0.25) is 13.9 Å². The van der Waals surface area contributed by atoms with Gasteiger partial charge in [-0.1, -0.05) is 53.5 Å². The first-order valence-electron chi connectivity index (χ1n) is 8.55. The monoisotopic (exact) mass is 453 g/mol. The molecule has 1 heterocycles. The molecule has 0 saturated carbocycles. The lowest BCUT2D eigenvalue weighted by molar-refractivity contribution is -0.129. The van der Waals surface area contributed by atoms with E-state index < -0.39 is 27.9 Å². The van der Waals surface area contributed by atoms with E-state index in [1.54, 1.807) is 0 Å². The van der Waals surface area contributed by atoms with Crippen LogP contribution in [0, 0.1) is 0 Å². The van der Waals surface area contributed by atoms with Crippen LogP contribution in [-0.2, 0) is 26.2 Å². The molecule has 0 unspecified atom stereocenters. The van der Waals surface area contributed by atoms with Crippen molar-refractivity contribution in [2.75, 3.05) is 0 Å². The van der Waals surface area contributed by atoms with Crippen LogP contribution in [0.5, 0.6) is 0 Å². The number of amides is 2. The van der Waals surface area contributed by atoms with Crippen LogP contribution >= 0.6 is 23.2 Å². The van der Waals surface area contributed by atoms with Gasteiger partial charge in [0.25, 0.3) is 10.0 Å². The minimum absolute atomic E-state index is 0.0651. The number of hydrogen-bond acceptors (Lipinski definition) is 4. The van der Waals surface area contributed by atoms with Crippen LogP contribution in [-0.4, -0.2) is 30.6 Å². The average molecular weight is 454 g/mol. The molecule has 10 heteroatoms. The molecule has 2 aromatic rings. The van der Waals surface area contributed by atoms with Gasteiger partial charge in [-0.05, 0) is 23.8 Å². The average Bonchev–Trinajstić information content (AvgIpc) is 2.70. The Bertz CT molecular complexity index is 1060. The molecule has 0 bridgehead atoms. The van der Waals surface area contributed by atoms with Gasteiger partial charge in [0.1, 0.15) is 6.04 Å². The first-order chi connectivity index (χ1) is 13.8. The molecule has 0 saturated heterocycles. The molecule has 1 aliphatic rings. The Kier molecular flexibility index (Phi) is 6.46. The third-order valence-electron chi connectivity index (χ3n) is 4.23. The van der Waals surface area contributed by atoms with Crippen molar-refractivity contribution in [1.29, 1.82) is 0 Å². The molecule has 0 aliphatic carbocycles. The zero-order chi connectivity index (χ0) is 21.0. The predicted molar refractivity (Wildman–Crippen MR) is 109 cm³/mol. The number of rotatable bonds is 6. The van der Waals surface area contributed by atoms with Crippen molar-refractivity contribution in [1.82, 2.24) is 14.9 Å². The summed E-state index contributed by atoms with van der Waals surface area (Å²) in [7, 11) is -4.13. The van der Waals surface area contributed by atoms with Gasteiger partial charge >= 0.3 is 0 Å². The summed E-state index contributed by atoms with van der Waals surface area (Å²) in [4.78, 5) is 24.5. The summed E-state index contributed by atoms with van der Waals surface area (Å²) in [6.07, 6.45) is 2.06. The lowest BCUT2D eigenvalue weighted by atomic mass is 10.1. The minimum Gasteiger partial charge on any atom is -0.352 e. The second-order valence-electron chi connectivity index (χ2n) is 6.22. The van der Waals surface area contributed by atoms with E-state index in [4.69, 9.17) is 23.2 Å². The van der Waals surface area contributed by atoms with Crippen LogP contribution in [0.4, 0.5) is 0 Å². The van der Waals surface area contributed by atoms with Crippen molar-refractivity contribution in [2.45, 2.75) is 23.9 Å². The predicted octanol–water partition coefficient (Wildman–Crippen LogP) is 2.66. The molecule has 1 aliphatic heterocycles. The molecule has 1 atom stereocenters. The highest BCUT2D eigenvalue weighted by Gasteiger charge is 2.37. The Morgan fingerprint density at radius 1 is 1.10 bits per heavy atom. The highest BCUT2D eigenvalue weighted by atomic mass is 35.5. The van der Waals surface area contributed by atoms with Crippen molar-refractivity contribution < 1.29 is 18.0 Å². The molecule has 3 rings (SSSR count). The van der Waals surface area contributed by atoms with Crippen molar-refractivity contribution in [3.05, 3.63) is 76.5 Å².